The molecule has 1 aromatic carbocycles. The van der Waals surface area contributed by atoms with Crippen LogP contribution in [0, 0.1) is 0 Å². The summed E-state index contributed by atoms with van der Waals surface area (Å²) in [6.07, 6.45) is 1.59. The molecule has 0 bridgehead atoms. The maximum Gasteiger partial charge on any atom is 0.347 e. The molecule has 7 heteroatoms. The Hall–Kier alpha value is -2.83. The maximum atomic E-state index is 11.8. The number of imidazole rings is 1. The first-order chi connectivity index (χ1) is 10.2. The summed E-state index contributed by atoms with van der Waals surface area (Å²) in [5, 5.41) is 2.93. The van der Waals surface area contributed by atoms with Crippen molar-refractivity contribution in [1.29, 1.82) is 0 Å². The van der Waals surface area contributed by atoms with Gasteiger partial charge in [-0.3, -0.25) is 4.79 Å². The molecule has 21 heavy (non-hydrogen) atoms. The lowest BCUT2D eigenvalue weighted by Gasteiger charge is -2.08. The van der Waals surface area contributed by atoms with Gasteiger partial charge in [-0.05, 0) is 25.1 Å². The first-order valence-corrected chi connectivity index (χ1v) is 6.46. The number of nitrogens with zero attached hydrogens (tertiary/aromatic N) is 1. The molecular weight excluding hydrogens is 274 g/mol. The third kappa shape index (κ3) is 2.45. The van der Waals surface area contributed by atoms with E-state index < -0.39 is 11.8 Å². The molecular formula is C14H13N3O4. The fourth-order valence-corrected chi connectivity index (χ4v) is 2.06. The Bertz CT molecular complexity index is 748. The molecule has 0 amide bonds. The Morgan fingerprint density at radius 2 is 2.38 bits per heavy atom. The molecule has 0 spiro atoms. The van der Waals surface area contributed by atoms with E-state index in [2.05, 4.69) is 15.3 Å². The number of H-pyrrole nitrogens is 1. The van der Waals surface area contributed by atoms with Crippen molar-refractivity contribution in [1.82, 2.24) is 9.97 Å². The number of nitrogens with one attached hydrogen (secondary N) is 2. The van der Waals surface area contributed by atoms with E-state index in [-0.39, 0.29) is 24.7 Å². The van der Waals surface area contributed by atoms with Gasteiger partial charge in [0.2, 0.25) is 11.7 Å². The van der Waals surface area contributed by atoms with E-state index in [0.29, 0.717) is 5.69 Å². The normalized spacial score (nSPS) is 14.4. The number of carbonyl (C=O) groups excluding carboxylic acids is 2. The van der Waals surface area contributed by atoms with Crippen LogP contribution in [0.3, 0.4) is 0 Å². The van der Waals surface area contributed by atoms with Crippen LogP contribution >= 0.6 is 0 Å². The number of rotatable bonds is 4. The smallest absolute Gasteiger partial charge is 0.347 e. The monoisotopic (exact) mass is 287 g/mol. The zero-order valence-electron chi connectivity index (χ0n) is 11.3. The summed E-state index contributed by atoms with van der Waals surface area (Å²) in [5.74, 6) is -0.944. The minimum Gasteiger partial charge on any atom is -0.470 e. The lowest BCUT2D eigenvalue weighted by molar-refractivity contribution is -0.139. The second-order valence-electron chi connectivity index (χ2n) is 4.40. The van der Waals surface area contributed by atoms with Crippen molar-refractivity contribution in [2.75, 3.05) is 18.5 Å². The number of hydrogen-bond donors (Lipinski definition) is 2. The Balaban J connectivity index is 1.90. The first kappa shape index (κ1) is 13.2. The molecule has 1 aliphatic heterocycles. The van der Waals surface area contributed by atoms with Crippen LogP contribution in [0.25, 0.3) is 11.0 Å². The highest BCUT2D eigenvalue weighted by Crippen LogP contribution is 2.22. The fourth-order valence-electron chi connectivity index (χ4n) is 2.06. The molecule has 0 unspecified atom stereocenters. The number of esters is 1. The van der Waals surface area contributed by atoms with Crippen molar-refractivity contribution < 1.29 is 19.1 Å². The number of ketones is 1. The minimum absolute atomic E-state index is 0.0819. The SMILES string of the molecule is CCOC(=O)C1=C(Nc2ccc3nc[nH]c3c2)OCC1=O. The standard InChI is InChI=1S/C14H13N3O4/c1-2-20-14(19)12-11(18)6-21-13(12)17-8-3-4-9-10(5-8)16-7-15-9/h3-5,7,17H,2,6H2,1H3,(H,15,16). The molecule has 1 aliphatic rings. The van der Waals surface area contributed by atoms with Crippen LogP contribution < -0.4 is 5.32 Å². The second-order valence-corrected chi connectivity index (χ2v) is 4.40. The lowest BCUT2D eigenvalue weighted by Crippen LogP contribution is -2.16. The molecule has 2 heterocycles. The molecule has 108 valence electrons. The van der Waals surface area contributed by atoms with Gasteiger partial charge in [0.1, 0.15) is 0 Å². The van der Waals surface area contributed by atoms with Crippen LogP contribution in [0.2, 0.25) is 0 Å². The Labute approximate surface area is 120 Å². The highest BCUT2D eigenvalue weighted by atomic mass is 16.5. The molecule has 0 fully saturated rings. The van der Waals surface area contributed by atoms with E-state index in [1.54, 1.807) is 19.3 Å². The van der Waals surface area contributed by atoms with Gasteiger partial charge in [0.05, 0.1) is 24.0 Å². The average molecular weight is 287 g/mol. The van der Waals surface area contributed by atoms with Crippen LogP contribution in [-0.4, -0.2) is 34.9 Å². The van der Waals surface area contributed by atoms with E-state index in [4.69, 9.17) is 9.47 Å². The summed E-state index contributed by atoms with van der Waals surface area (Å²) < 4.78 is 10.1. The van der Waals surface area contributed by atoms with Crippen molar-refractivity contribution in [3.8, 4) is 0 Å². The van der Waals surface area contributed by atoms with Gasteiger partial charge in [-0.2, -0.15) is 0 Å². The highest BCUT2D eigenvalue weighted by Gasteiger charge is 2.32. The zero-order chi connectivity index (χ0) is 14.8. The van der Waals surface area contributed by atoms with Crippen LogP contribution in [0.1, 0.15) is 6.92 Å². The van der Waals surface area contributed by atoms with Gasteiger partial charge in [-0.15, -0.1) is 0 Å². The number of aromatic nitrogens is 2. The molecule has 1 aromatic heterocycles. The van der Waals surface area contributed by atoms with Crippen molar-refractivity contribution >= 4 is 28.5 Å². The van der Waals surface area contributed by atoms with E-state index in [0.717, 1.165) is 11.0 Å². The molecule has 3 rings (SSSR count). The third-order valence-electron chi connectivity index (χ3n) is 3.01. The predicted octanol–water partition coefficient (Wildman–Crippen LogP) is 1.35. The molecule has 0 atom stereocenters. The van der Waals surface area contributed by atoms with Crippen LogP contribution in [0.15, 0.2) is 36.0 Å². The van der Waals surface area contributed by atoms with Crippen molar-refractivity contribution in [3.05, 3.63) is 36.0 Å². The summed E-state index contributed by atoms with van der Waals surface area (Å²) in [6, 6.07) is 5.41. The van der Waals surface area contributed by atoms with Gasteiger partial charge >= 0.3 is 5.97 Å². The van der Waals surface area contributed by atoms with Gasteiger partial charge in [0.15, 0.2) is 12.2 Å². The van der Waals surface area contributed by atoms with E-state index >= 15 is 0 Å². The van der Waals surface area contributed by atoms with Gasteiger partial charge in [-0.25, -0.2) is 9.78 Å². The number of ether oxygens (including phenoxy) is 2. The maximum absolute atomic E-state index is 11.8. The number of benzene rings is 1. The third-order valence-corrected chi connectivity index (χ3v) is 3.01. The molecule has 2 aromatic rings. The minimum atomic E-state index is -0.676. The topological polar surface area (TPSA) is 93.3 Å². The van der Waals surface area contributed by atoms with Gasteiger partial charge < -0.3 is 19.8 Å². The fraction of sp³-hybridized carbons (Fsp3) is 0.214. The van der Waals surface area contributed by atoms with E-state index in [1.165, 1.54) is 0 Å². The average Bonchev–Trinajstić information content (AvgIpc) is 3.05. The summed E-state index contributed by atoms with van der Waals surface area (Å²) in [5.41, 5.74) is 2.26. The number of hydrogen-bond acceptors (Lipinski definition) is 6. The Morgan fingerprint density at radius 1 is 1.52 bits per heavy atom. The highest BCUT2D eigenvalue weighted by molar-refractivity contribution is 6.19. The van der Waals surface area contributed by atoms with Gasteiger partial charge in [-0.1, -0.05) is 0 Å². The lowest BCUT2D eigenvalue weighted by atomic mass is 10.2. The molecule has 7 nitrogen and oxygen atoms in total. The summed E-state index contributed by atoms with van der Waals surface area (Å²) in [4.78, 5) is 30.6. The number of aromatic amines is 1. The van der Waals surface area contributed by atoms with Crippen LogP contribution in [-0.2, 0) is 19.1 Å². The van der Waals surface area contributed by atoms with Crippen LogP contribution in [0.5, 0.6) is 0 Å². The molecule has 2 N–H and O–H groups in total. The Morgan fingerprint density at radius 3 is 3.19 bits per heavy atom. The number of fused-ring (bicyclic) bond motifs is 1. The van der Waals surface area contributed by atoms with Crippen LogP contribution in [0.4, 0.5) is 5.69 Å². The largest absolute Gasteiger partial charge is 0.470 e. The quantitative estimate of drug-likeness (QED) is 0.651. The summed E-state index contributed by atoms with van der Waals surface area (Å²) >= 11 is 0. The summed E-state index contributed by atoms with van der Waals surface area (Å²) in [7, 11) is 0. The van der Waals surface area contributed by atoms with Gasteiger partial charge in [0.25, 0.3) is 0 Å². The van der Waals surface area contributed by atoms with E-state index in [9.17, 15) is 9.59 Å². The Kier molecular flexibility index (Phi) is 3.31. The number of Topliss-reactive ketones (excluding diaryl/α,β-unsaturated/α-hetero) is 1. The zero-order valence-corrected chi connectivity index (χ0v) is 11.3. The number of anilines is 1. The summed E-state index contributed by atoms with van der Waals surface area (Å²) in [6.45, 7) is 1.71. The van der Waals surface area contributed by atoms with Crippen molar-refractivity contribution in [2.45, 2.75) is 6.92 Å². The van der Waals surface area contributed by atoms with Crippen molar-refractivity contribution in [3.63, 3.8) is 0 Å². The van der Waals surface area contributed by atoms with Crippen molar-refractivity contribution in [2.24, 2.45) is 0 Å². The molecule has 0 aliphatic carbocycles. The second kappa shape index (κ2) is 5.28. The number of carbonyl (C=O) groups is 2. The molecule has 0 saturated carbocycles. The van der Waals surface area contributed by atoms with Gasteiger partial charge in [0, 0.05) is 5.69 Å². The predicted molar refractivity (Wildman–Crippen MR) is 74.3 cm³/mol. The first-order valence-electron chi connectivity index (χ1n) is 6.46. The van der Waals surface area contributed by atoms with E-state index in [1.807, 2.05) is 12.1 Å². The molecule has 0 saturated heterocycles. The molecule has 0 radical (unpaired) electrons.